The average molecular weight is 323 g/mol. The summed E-state index contributed by atoms with van der Waals surface area (Å²) in [6.45, 7) is 5.03. The molecule has 1 saturated carbocycles. The lowest BCUT2D eigenvalue weighted by atomic mass is 9.84. The van der Waals surface area contributed by atoms with Crippen LogP contribution in [0.3, 0.4) is 0 Å². The van der Waals surface area contributed by atoms with Crippen LogP contribution >= 0.6 is 0 Å². The van der Waals surface area contributed by atoms with Crippen molar-refractivity contribution < 1.29 is 14.3 Å². The molecule has 0 aromatic carbocycles. The van der Waals surface area contributed by atoms with Gasteiger partial charge in [0.2, 0.25) is 0 Å². The molecule has 2 aliphatic rings. The number of carbonyl (C=O) groups is 1. The lowest BCUT2D eigenvalue weighted by molar-refractivity contribution is -0.154. The van der Waals surface area contributed by atoms with Gasteiger partial charge in [0.15, 0.2) is 12.4 Å². The molecule has 0 radical (unpaired) electrons. The van der Waals surface area contributed by atoms with Gasteiger partial charge in [-0.2, -0.15) is 0 Å². The van der Waals surface area contributed by atoms with Gasteiger partial charge >= 0.3 is 5.97 Å². The third-order valence-electron chi connectivity index (χ3n) is 5.25. The van der Waals surface area contributed by atoms with Crippen LogP contribution in [0.4, 0.5) is 0 Å². The average Bonchev–Trinajstić information content (AvgIpc) is 2.57. The van der Waals surface area contributed by atoms with Gasteiger partial charge in [0.25, 0.3) is 0 Å². The molecule has 0 aromatic heterocycles. The summed E-state index contributed by atoms with van der Waals surface area (Å²) < 4.78 is 11.1. The van der Waals surface area contributed by atoms with Crippen molar-refractivity contribution in [1.29, 1.82) is 0 Å². The van der Waals surface area contributed by atoms with Gasteiger partial charge in [0, 0.05) is 5.92 Å². The zero-order chi connectivity index (χ0) is 16.5. The Balaban J connectivity index is 1.79. The van der Waals surface area contributed by atoms with E-state index < -0.39 is 0 Å². The van der Waals surface area contributed by atoms with Crippen molar-refractivity contribution in [2.75, 3.05) is 6.61 Å². The molecule has 23 heavy (non-hydrogen) atoms. The van der Waals surface area contributed by atoms with Gasteiger partial charge in [0.1, 0.15) is 6.10 Å². The van der Waals surface area contributed by atoms with Crippen molar-refractivity contribution in [1.82, 2.24) is 0 Å². The molecule has 2 unspecified atom stereocenters. The summed E-state index contributed by atoms with van der Waals surface area (Å²) in [5, 5.41) is 0. The van der Waals surface area contributed by atoms with Gasteiger partial charge in [-0.15, -0.1) is 0 Å². The van der Waals surface area contributed by atoms with E-state index >= 15 is 0 Å². The van der Waals surface area contributed by atoms with Crippen LogP contribution < -0.4 is 0 Å². The standard InChI is InChI=1S/C19H33NO3/c1-3-5-6-8-16-13-22-14-20-18(16)19(21)23-17-11-9-15(7-4-2)10-12-17/h14-18H,3-13H2,1-2H3. The second-order valence-corrected chi connectivity index (χ2v) is 7.16. The predicted molar refractivity (Wildman–Crippen MR) is 92.6 cm³/mol. The number of ether oxygens (including phenoxy) is 2. The topological polar surface area (TPSA) is 47.9 Å². The second-order valence-electron chi connectivity index (χ2n) is 7.16. The fourth-order valence-electron chi connectivity index (χ4n) is 3.82. The van der Waals surface area contributed by atoms with E-state index in [-0.39, 0.29) is 24.0 Å². The Morgan fingerprint density at radius 2 is 1.91 bits per heavy atom. The van der Waals surface area contributed by atoms with Gasteiger partial charge in [-0.05, 0) is 38.0 Å². The van der Waals surface area contributed by atoms with Crippen LogP contribution in [0.5, 0.6) is 0 Å². The molecule has 0 amide bonds. The number of unbranched alkanes of at least 4 members (excludes halogenated alkanes) is 2. The third-order valence-corrected chi connectivity index (χ3v) is 5.25. The Kier molecular flexibility index (Phi) is 7.90. The van der Waals surface area contributed by atoms with E-state index in [4.69, 9.17) is 9.47 Å². The second kappa shape index (κ2) is 9.94. The van der Waals surface area contributed by atoms with Gasteiger partial charge in [-0.3, -0.25) is 0 Å². The van der Waals surface area contributed by atoms with E-state index in [1.165, 1.54) is 44.9 Å². The Hall–Kier alpha value is -1.06. The van der Waals surface area contributed by atoms with Crippen LogP contribution in [0, 0.1) is 11.8 Å². The molecule has 1 aliphatic heterocycles. The summed E-state index contributed by atoms with van der Waals surface area (Å²) in [6, 6.07) is -0.353. The first-order valence-corrected chi connectivity index (χ1v) is 9.58. The minimum absolute atomic E-state index is 0.102. The SMILES string of the molecule is CCCCCC1COC=NC1C(=O)OC1CCC(CCC)CC1. The molecule has 1 fully saturated rings. The molecular weight excluding hydrogens is 290 g/mol. The molecule has 0 bridgehead atoms. The highest BCUT2D eigenvalue weighted by Crippen LogP contribution is 2.30. The normalized spacial score (nSPS) is 30.7. The number of aliphatic imine (C=N–C) groups is 1. The molecule has 0 saturated heterocycles. The molecule has 0 spiro atoms. The summed E-state index contributed by atoms with van der Waals surface area (Å²) in [5.41, 5.74) is 0. The van der Waals surface area contributed by atoms with Gasteiger partial charge in [0.05, 0.1) is 6.61 Å². The van der Waals surface area contributed by atoms with E-state index in [9.17, 15) is 4.79 Å². The van der Waals surface area contributed by atoms with Crippen molar-refractivity contribution in [3.63, 3.8) is 0 Å². The maximum Gasteiger partial charge on any atom is 0.331 e. The van der Waals surface area contributed by atoms with E-state index in [0.717, 1.165) is 31.6 Å². The number of hydrogen-bond donors (Lipinski definition) is 0. The van der Waals surface area contributed by atoms with Crippen LogP contribution in [-0.4, -0.2) is 31.1 Å². The first kappa shape index (κ1) is 18.3. The molecule has 4 heteroatoms. The van der Waals surface area contributed by atoms with E-state index in [1.807, 2.05) is 0 Å². The monoisotopic (exact) mass is 323 g/mol. The summed E-state index contributed by atoms with van der Waals surface area (Å²) in [6.07, 6.45) is 13.0. The molecule has 0 aromatic rings. The molecule has 1 aliphatic carbocycles. The molecule has 132 valence electrons. The number of nitrogens with zero attached hydrogens (tertiary/aromatic N) is 1. The van der Waals surface area contributed by atoms with Crippen molar-refractivity contribution >= 4 is 12.4 Å². The van der Waals surface area contributed by atoms with E-state index in [0.29, 0.717) is 6.61 Å². The van der Waals surface area contributed by atoms with Gasteiger partial charge in [-0.25, -0.2) is 9.79 Å². The highest BCUT2D eigenvalue weighted by atomic mass is 16.5. The minimum atomic E-state index is -0.353. The van der Waals surface area contributed by atoms with E-state index in [1.54, 1.807) is 0 Å². The smallest absolute Gasteiger partial charge is 0.331 e. The minimum Gasteiger partial charge on any atom is -0.483 e. The quantitative estimate of drug-likeness (QED) is 0.487. The number of esters is 1. The highest BCUT2D eigenvalue weighted by Gasteiger charge is 2.33. The first-order chi connectivity index (χ1) is 11.2. The first-order valence-electron chi connectivity index (χ1n) is 9.58. The zero-order valence-electron chi connectivity index (χ0n) is 14.8. The number of carbonyl (C=O) groups excluding carboxylic acids is 1. The Labute approximate surface area is 141 Å². The lowest BCUT2D eigenvalue weighted by Crippen LogP contribution is -2.38. The molecule has 0 N–H and O–H groups in total. The van der Waals surface area contributed by atoms with Crippen LogP contribution in [0.15, 0.2) is 4.99 Å². The van der Waals surface area contributed by atoms with Crippen molar-refractivity contribution in [2.24, 2.45) is 16.8 Å². The van der Waals surface area contributed by atoms with Gasteiger partial charge < -0.3 is 9.47 Å². The summed E-state index contributed by atoms with van der Waals surface area (Å²) >= 11 is 0. The molecule has 2 atom stereocenters. The Morgan fingerprint density at radius 3 is 2.61 bits per heavy atom. The summed E-state index contributed by atoms with van der Waals surface area (Å²) in [4.78, 5) is 16.8. The molecule has 1 heterocycles. The highest BCUT2D eigenvalue weighted by molar-refractivity contribution is 5.78. The Morgan fingerprint density at radius 1 is 1.13 bits per heavy atom. The van der Waals surface area contributed by atoms with Crippen molar-refractivity contribution in [3.05, 3.63) is 0 Å². The maximum absolute atomic E-state index is 12.5. The molecule has 4 nitrogen and oxygen atoms in total. The van der Waals surface area contributed by atoms with E-state index in [2.05, 4.69) is 18.8 Å². The number of rotatable bonds is 8. The zero-order valence-corrected chi connectivity index (χ0v) is 14.8. The molecule has 2 rings (SSSR count). The fourth-order valence-corrected chi connectivity index (χ4v) is 3.82. The van der Waals surface area contributed by atoms with Crippen LogP contribution in [0.2, 0.25) is 0 Å². The summed E-state index contributed by atoms with van der Waals surface area (Å²) in [5.74, 6) is 0.873. The molecular formula is C19H33NO3. The number of hydrogen-bond acceptors (Lipinski definition) is 4. The fraction of sp³-hybridized carbons (Fsp3) is 0.895. The summed E-state index contributed by atoms with van der Waals surface area (Å²) in [7, 11) is 0. The van der Waals surface area contributed by atoms with Crippen LogP contribution in [0.1, 0.15) is 78.1 Å². The third kappa shape index (κ3) is 5.82. The van der Waals surface area contributed by atoms with Crippen LogP contribution in [-0.2, 0) is 14.3 Å². The Bertz CT molecular complexity index is 375. The van der Waals surface area contributed by atoms with Gasteiger partial charge in [-0.1, -0.05) is 46.0 Å². The predicted octanol–water partition coefficient (Wildman–Crippen LogP) is 4.51. The largest absolute Gasteiger partial charge is 0.483 e. The van der Waals surface area contributed by atoms with Crippen LogP contribution in [0.25, 0.3) is 0 Å². The lowest BCUT2D eigenvalue weighted by Gasteiger charge is -2.31. The maximum atomic E-state index is 12.5. The van der Waals surface area contributed by atoms with Crippen molar-refractivity contribution in [2.45, 2.75) is 90.2 Å². The van der Waals surface area contributed by atoms with Crippen molar-refractivity contribution in [3.8, 4) is 0 Å².